The molecule has 0 saturated carbocycles. The number of nitrogens with zero attached hydrogens (tertiary/aromatic N) is 1. The topological polar surface area (TPSA) is 75.4 Å². The van der Waals surface area contributed by atoms with E-state index in [1.165, 1.54) is 4.31 Å². The molecule has 0 radical (unpaired) electrons. The highest BCUT2D eigenvalue weighted by atomic mass is 32.2. The molecule has 0 saturated heterocycles. The van der Waals surface area contributed by atoms with Crippen molar-refractivity contribution in [1.29, 1.82) is 0 Å². The van der Waals surface area contributed by atoms with Crippen molar-refractivity contribution in [3.63, 3.8) is 0 Å². The quantitative estimate of drug-likeness (QED) is 0.564. The number of hydrogen-bond acceptors (Lipinski definition) is 3. The second kappa shape index (κ2) is 7.17. The summed E-state index contributed by atoms with van der Waals surface area (Å²) in [5, 5.41) is 0. The molecule has 0 rings (SSSR count). The average molecular weight is 223 g/mol. The van der Waals surface area contributed by atoms with Crippen molar-refractivity contribution in [3.05, 3.63) is 0 Å². The summed E-state index contributed by atoms with van der Waals surface area (Å²) in [6, 6.07) is 0. The molecule has 3 N–H and O–H groups in total. The molecule has 5 nitrogen and oxygen atoms in total. The Kier molecular flexibility index (Phi) is 7.08. The molecule has 0 aromatic carbocycles. The molecule has 6 heteroatoms. The molecule has 86 valence electrons. The first-order chi connectivity index (χ1) is 6.54. The van der Waals surface area contributed by atoms with Crippen LogP contribution >= 0.6 is 0 Å². The van der Waals surface area contributed by atoms with E-state index in [-0.39, 0.29) is 0 Å². The Morgan fingerprint density at radius 3 is 2.50 bits per heavy atom. The zero-order valence-electron chi connectivity index (χ0n) is 8.99. The molecule has 0 aromatic rings. The van der Waals surface area contributed by atoms with E-state index < -0.39 is 10.2 Å². The summed E-state index contributed by atoms with van der Waals surface area (Å²) in [6.45, 7) is 3.51. The fourth-order valence-electron chi connectivity index (χ4n) is 0.914. The van der Waals surface area contributed by atoms with Gasteiger partial charge in [0, 0.05) is 20.1 Å². The molecule has 0 aliphatic carbocycles. The molecule has 14 heavy (non-hydrogen) atoms. The van der Waals surface area contributed by atoms with Crippen LogP contribution < -0.4 is 10.5 Å². The fourth-order valence-corrected chi connectivity index (χ4v) is 1.91. The number of rotatable bonds is 8. The number of hydrogen-bond donors (Lipinski definition) is 2. The van der Waals surface area contributed by atoms with Crippen LogP contribution in [0, 0.1) is 0 Å². The minimum Gasteiger partial charge on any atom is -0.330 e. The van der Waals surface area contributed by atoms with Crippen molar-refractivity contribution in [1.82, 2.24) is 9.03 Å². The third-order valence-corrected chi connectivity index (χ3v) is 3.47. The zero-order valence-corrected chi connectivity index (χ0v) is 9.81. The van der Waals surface area contributed by atoms with E-state index in [1.54, 1.807) is 7.05 Å². The van der Waals surface area contributed by atoms with Gasteiger partial charge >= 0.3 is 0 Å². The van der Waals surface area contributed by atoms with Gasteiger partial charge in [-0.3, -0.25) is 0 Å². The lowest BCUT2D eigenvalue weighted by atomic mass is 10.3. The largest absolute Gasteiger partial charge is 0.330 e. The van der Waals surface area contributed by atoms with Crippen LogP contribution in [0.4, 0.5) is 0 Å². The van der Waals surface area contributed by atoms with Gasteiger partial charge in [-0.25, -0.2) is 4.72 Å². The van der Waals surface area contributed by atoms with Gasteiger partial charge in [-0.1, -0.05) is 13.3 Å². The number of unbranched alkanes of at least 4 members (excludes halogenated alkanes) is 1. The Hall–Kier alpha value is -0.170. The smallest absolute Gasteiger partial charge is 0.279 e. The summed E-state index contributed by atoms with van der Waals surface area (Å²) >= 11 is 0. The van der Waals surface area contributed by atoms with Crippen LogP contribution in [-0.2, 0) is 10.2 Å². The van der Waals surface area contributed by atoms with E-state index in [1.807, 2.05) is 6.92 Å². The Bertz CT molecular complexity index is 229. The molecule has 0 aliphatic rings. The maximum absolute atomic E-state index is 11.5. The number of nitrogens with one attached hydrogen (secondary N) is 1. The van der Waals surface area contributed by atoms with E-state index in [2.05, 4.69) is 4.72 Å². The van der Waals surface area contributed by atoms with E-state index >= 15 is 0 Å². The van der Waals surface area contributed by atoms with Crippen LogP contribution in [0.25, 0.3) is 0 Å². The highest BCUT2D eigenvalue weighted by molar-refractivity contribution is 7.87. The molecule has 0 bridgehead atoms. The summed E-state index contributed by atoms with van der Waals surface area (Å²) in [5.74, 6) is 0. The van der Waals surface area contributed by atoms with Gasteiger partial charge in [-0.15, -0.1) is 0 Å². The van der Waals surface area contributed by atoms with E-state index in [0.29, 0.717) is 26.1 Å². The highest BCUT2D eigenvalue weighted by Crippen LogP contribution is 1.97. The van der Waals surface area contributed by atoms with Gasteiger partial charge in [0.15, 0.2) is 0 Å². The lowest BCUT2D eigenvalue weighted by molar-refractivity contribution is 0.448. The van der Waals surface area contributed by atoms with Gasteiger partial charge < -0.3 is 5.73 Å². The lowest BCUT2D eigenvalue weighted by Gasteiger charge is -2.16. The zero-order chi connectivity index (χ0) is 11.0. The van der Waals surface area contributed by atoms with Crippen LogP contribution in [0.2, 0.25) is 0 Å². The molecule has 0 aliphatic heterocycles. The maximum Gasteiger partial charge on any atom is 0.279 e. The van der Waals surface area contributed by atoms with Crippen LogP contribution in [-0.4, -0.2) is 39.4 Å². The highest BCUT2D eigenvalue weighted by Gasteiger charge is 2.15. The minimum absolute atomic E-state index is 0.412. The lowest BCUT2D eigenvalue weighted by Crippen LogP contribution is -2.39. The van der Waals surface area contributed by atoms with Gasteiger partial charge in [-0.05, 0) is 19.4 Å². The first kappa shape index (κ1) is 13.8. The van der Waals surface area contributed by atoms with Crippen molar-refractivity contribution < 1.29 is 8.42 Å². The predicted octanol–water partition coefficient (Wildman–Crippen LogP) is -0.0985. The van der Waals surface area contributed by atoms with Gasteiger partial charge in [0.2, 0.25) is 0 Å². The summed E-state index contributed by atoms with van der Waals surface area (Å²) < 4.78 is 26.8. The predicted molar refractivity (Wildman–Crippen MR) is 58.1 cm³/mol. The van der Waals surface area contributed by atoms with Gasteiger partial charge in [0.25, 0.3) is 10.2 Å². The normalized spacial score (nSPS) is 12.3. The Morgan fingerprint density at radius 1 is 1.36 bits per heavy atom. The Balaban J connectivity index is 3.91. The van der Waals surface area contributed by atoms with Gasteiger partial charge in [-0.2, -0.15) is 12.7 Å². The van der Waals surface area contributed by atoms with Crippen molar-refractivity contribution >= 4 is 10.2 Å². The van der Waals surface area contributed by atoms with E-state index in [9.17, 15) is 8.42 Å². The first-order valence-corrected chi connectivity index (χ1v) is 6.39. The molecule has 0 unspecified atom stereocenters. The van der Waals surface area contributed by atoms with Crippen LogP contribution in [0.15, 0.2) is 0 Å². The Labute approximate surface area is 86.8 Å². The van der Waals surface area contributed by atoms with Crippen LogP contribution in [0.3, 0.4) is 0 Å². The second-order valence-corrected chi connectivity index (χ2v) is 5.08. The monoisotopic (exact) mass is 223 g/mol. The molecule has 0 amide bonds. The second-order valence-electron chi connectivity index (χ2n) is 3.22. The molecular weight excluding hydrogens is 202 g/mol. The molecule has 0 fully saturated rings. The fraction of sp³-hybridized carbons (Fsp3) is 1.00. The van der Waals surface area contributed by atoms with Crippen molar-refractivity contribution in [2.24, 2.45) is 5.73 Å². The van der Waals surface area contributed by atoms with Crippen molar-refractivity contribution in [2.45, 2.75) is 26.2 Å². The molecule has 0 aromatic heterocycles. The van der Waals surface area contributed by atoms with E-state index in [0.717, 1.165) is 12.8 Å². The molecular formula is C8H21N3O2S. The van der Waals surface area contributed by atoms with Gasteiger partial charge in [0.05, 0.1) is 0 Å². The third-order valence-electron chi connectivity index (χ3n) is 1.90. The average Bonchev–Trinajstić information content (AvgIpc) is 2.14. The van der Waals surface area contributed by atoms with Crippen molar-refractivity contribution in [2.75, 3.05) is 26.7 Å². The van der Waals surface area contributed by atoms with Crippen molar-refractivity contribution in [3.8, 4) is 0 Å². The molecule has 0 heterocycles. The molecule has 0 atom stereocenters. The summed E-state index contributed by atoms with van der Waals surface area (Å²) in [6.07, 6.45) is 2.54. The minimum atomic E-state index is -3.28. The first-order valence-electron chi connectivity index (χ1n) is 4.95. The third kappa shape index (κ3) is 5.54. The summed E-state index contributed by atoms with van der Waals surface area (Å²) in [4.78, 5) is 0. The van der Waals surface area contributed by atoms with Crippen LogP contribution in [0.1, 0.15) is 26.2 Å². The van der Waals surface area contributed by atoms with Crippen LogP contribution in [0.5, 0.6) is 0 Å². The SMILES string of the molecule is CCCCN(C)S(=O)(=O)NCCCN. The standard InChI is InChI=1S/C8H21N3O2S/c1-3-4-8-11(2)14(12,13)10-7-5-6-9/h10H,3-9H2,1-2H3. The summed E-state index contributed by atoms with van der Waals surface area (Å²) in [7, 11) is -1.69. The molecule has 0 spiro atoms. The summed E-state index contributed by atoms with van der Waals surface area (Å²) in [5.41, 5.74) is 5.27. The maximum atomic E-state index is 11.5. The number of nitrogens with two attached hydrogens (primary N) is 1. The Morgan fingerprint density at radius 2 is 2.00 bits per heavy atom. The van der Waals surface area contributed by atoms with E-state index in [4.69, 9.17) is 5.73 Å². The van der Waals surface area contributed by atoms with Gasteiger partial charge in [0.1, 0.15) is 0 Å².